The minimum atomic E-state index is -0.521. The van der Waals surface area contributed by atoms with E-state index in [4.69, 9.17) is 33.2 Å². The van der Waals surface area contributed by atoms with Crippen molar-refractivity contribution in [3.8, 4) is 5.75 Å². The molecule has 2 saturated carbocycles. The van der Waals surface area contributed by atoms with Crippen LogP contribution in [0.15, 0.2) is 24.3 Å². The Bertz CT molecular complexity index is 874. The van der Waals surface area contributed by atoms with Gasteiger partial charge in [-0.3, -0.25) is 0 Å². The summed E-state index contributed by atoms with van der Waals surface area (Å²) in [6.45, 7) is 6.15. The molecule has 0 N–H and O–H groups in total. The molecule has 0 amide bonds. The fourth-order valence-corrected chi connectivity index (χ4v) is 6.55. The Balaban J connectivity index is 1.12. The maximum atomic E-state index is 6.64. The van der Waals surface area contributed by atoms with Crippen molar-refractivity contribution in [3.05, 3.63) is 29.8 Å². The third-order valence-corrected chi connectivity index (χ3v) is 8.69. The van der Waals surface area contributed by atoms with E-state index in [1.54, 1.807) is 0 Å². The van der Waals surface area contributed by atoms with Crippen molar-refractivity contribution in [3.63, 3.8) is 0 Å². The number of hydrogen-bond donors (Lipinski definition) is 0. The Morgan fingerprint density at radius 1 is 0.838 bits per heavy atom. The van der Waals surface area contributed by atoms with Crippen LogP contribution in [0.3, 0.4) is 0 Å². The molecule has 5 fully saturated rings. The Hall–Kier alpha value is -1.22. The maximum Gasteiger partial charge on any atom is 0.190 e. The molecular formula is C30H44O7. The van der Waals surface area contributed by atoms with Gasteiger partial charge in [-0.15, -0.1) is 0 Å². The molecule has 0 bridgehead atoms. The second-order valence-electron chi connectivity index (χ2n) is 12.0. The zero-order valence-corrected chi connectivity index (χ0v) is 22.5. The molecule has 1 unspecified atom stereocenters. The standard InChI is InChI=1S/C30H44O7/c1-21(2)13-18-31-23-11-9-22(10-12-23)19-32-26-25(24-20-33-29(35-24)14-5-3-6-15-29)34-28-27(26)36-30(37-28)16-7-4-8-17-30/h9-12,21,24-28H,3-8,13-20H2,1-2H3/t24?,25-,26+,27-,28-/m1/s1. The van der Waals surface area contributed by atoms with Crippen LogP contribution in [0.4, 0.5) is 0 Å². The smallest absolute Gasteiger partial charge is 0.190 e. The zero-order valence-electron chi connectivity index (χ0n) is 22.5. The fourth-order valence-electron chi connectivity index (χ4n) is 6.55. The van der Waals surface area contributed by atoms with E-state index in [1.807, 2.05) is 12.1 Å². The first-order valence-electron chi connectivity index (χ1n) is 14.7. The predicted molar refractivity (Wildman–Crippen MR) is 137 cm³/mol. The van der Waals surface area contributed by atoms with Gasteiger partial charge in [0.15, 0.2) is 17.9 Å². The van der Waals surface area contributed by atoms with E-state index in [0.717, 1.165) is 75.7 Å². The first-order valence-corrected chi connectivity index (χ1v) is 14.7. The largest absolute Gasteiger partial charge is 0.494 e. The summed E-state index contributed by atoms with van der Waals surface area (Å²) in [6, 6.07) is 8.20. The van der Waals surface area contributed by atoms with Gasteiger partial charge in [-0.05, 0) is 55.7 Å². The molecular weight excluding hydrogens is 472 g/mol. The highest BCUT2D eigenvalue weighted by Gasteiger charge is 2.61. The topological polar surface area (TPSA) is 64.6 Å². The number of ether oxygens (including phenoxy) is 7. The molecule has 3 aliphatic heterocycles. The lowest BCUT2D eigenvalue weighted by atomic mass is 9.94. The summed E-state index contributed by atoms with van der Waals surface area (Å²) < 4.78 is 44.9. The number of hydrogen-bond acceptors (Lipinski definition) is 7. The lowest BCUT2D eigenvalue weighted by molar-refractivity contribution is -0.263. The molecule has 0 aromatic heterocycles. The second-order valence-corrected chi connectivity index (χ2v) is 12.0. The van der Waals surface area contributed by atoms with E-state index in [1.165, 1.54) is 12.8 Å². The number of rotatable bonds is 8. The highest BCUT2D eigenvalue weighted by atomic mass is 16.9. The molecule has 6 rings (SSSR count). The molecule has 7 nitrogen and oxygen atoms in total. The van der Waals surface area contributed by atoms with Gasteiger partial charge in [0.1, 0.15) is 30.2 Å². The molecule has 3 heterocycles. The normalized spacial score (nSPS) is 34.4. The Morgan fingerprint density at radius 3 is 2.24 bits per heavy atom. The van der Waals surface area contributed by atoms with E-state index < -0.39 is 17.9 Å². The monoisotopic (exact) mass is 516 g/mol. The van der Waals surface area contributed by atoms with Crippen LogP contribution in [0.2, 0.25) is 0 Å². The summed E-state index contributed by atoms with van der Waals surface area (Å²) in [5, 5.41) is 0. The molecule has 5 atom stereocenters. The maximum absolute atomic E-state index is 6.64. The van der Waals surface area contributed by atoms with Crippen LogP contribution >= 0.6 is 0 Å². The molecule has 2 spiro atoms. The van der Waals surface area contributed by atoms with Crippen LogP contribution in [0.1, 0.15) is 90.0 Å². The van der Waals surface area contributed by atoms with Crippen molar-refractivity contribution >= 4 is 0 Å². The van der Waals surface area contributed by atoms with Crippen LogP contribution in [0, 0.1) is 5.92 Å². The molecule has 1 aromatic carbocycles. The first-order chi connectivity index (χ1) is 18.0. The molecule has 1 aromatic rings. The highest BCUT2D eigenvalue weighted by molar-refractivity contribution is 5.27. The molecule has 206 valence electrons. The minimum absolute atomic E-state index is 0.181. The summed E-state index contributed by atoms with van der Waals surface area (Å²) in [6.07, 6.45) is 10.4. The van der Waals surface area contributed by atoms with E-state index in [9.17, 15) is 0 Å². The third-order valence-electron chi connectivity index (χ3n) is 8.69. The van der Waals surface area contributed by atoms with Gasteiger partial charge in [0.25, 0.3) is 0 Å². The van der Waals surface area contributed by atoms with Crippen LogP contribution in [0.5, 0.6) is 5.75 Å². The summed E-state index contributed by atoms with van der Waals surface area (Å²) >= 11 is 0. The van der Waals surface area contributed by atoms with Crippen LogP contribution in [-0.2, 0) is 35.0 Å². The molecule has 37 heavy (non-hydrogen) atoms. The average Bonchev–Trinajstić information content (AvgIpc) is 3.55. The minimum Gasteiger partial charge on any atom is -0.494 e. The summed E-state index contributed by atoms with van der Waals surface area (Å²) in [4.78, 5) is 0. The van der Waals surface area contributed by atoms with Crippen LogP contribution < -0.4 is 4.74 Å². The van der Waals surface area contributed by atoms with Gasteiger partial charge in [-0.25, -0.2) is 0 Å². The molecule has 7 heteroatoms. The Morgan fingerprint density at radius 2 is 1.54 bits per heavy atom. The zero-order chi connectivity index (χ0) is 25.3. The second kappa shape index (κ2) is 11.1. The molecule has 5 aliphatic rings. The number of fused-ring (bicyclic) bond motifs is 1. The predicted octanol–water partition coefficient (Wildman–Crippen LogP) is 5.87. The average molecular weight is 517 g/mol. The molecule has 2 aliphatic carbocycles. The lowest BCUT2D eigenvalue weighted by Crippen LogP contribution is -2.45. The van der Waals surface area contributed by atoms with Gasteiger partial charge in [-0.2, -0.15) is 0 Å². The fraction of sp³-hybridized carbons (Fsp3) is 0.800. The quantitative estimate of drug-likeness (QED) is 0.428. The summed E-state index contributed by atoms with van der Waals surface area (Å²) in [5.74, 6) is 0.557. The van der Waals surface area contributed by atoms with E-state index >= 15 is 0 Å². The van der Waals surface area contributed by atoms with Crippen LogP contribution in [-0.4, -0.2) is 55.5 Å². The van der Waals surface area contributed by atoms with Crippen molar-refractivity contribution in [2.45, 2.75) is 133 Å². The van der Waals surface area contributed by atoms with E-state index in [2.05, 4.69) is 26.0 Å². The molecule has 3 saturated heterocycles. The van der Waals surface area contributed by atoms with Gasteiger partial charge in [0, 0.05) is 25.7 Å². The third kappa shape index (κ3) is 5.73. The summed E-state index contributed by atoms with van der Waals surface area (Å²) in [5.41, 5.74) is 1.09. The van der Waals surface area contributed by atoms with Crippen molar-refractivity contribution < 1.29 is 33.2 Å². The van der Waals surface area contributed by atoms with E-state index in [0.29, 0.717) is 19.1 Å². The van der Waals surface area contributed by atoms with Gasteiger partial charge in [0.2, 0.25) is 0 Å². The Labute approximate surface area is 221 Å². The number of benzene rings is 1. The van der Waals surface area contributed by atoms with Crippen LogP contribution in [0.25, 0.3) is 0 Å². The van der Waals surface area contributed by atoms with Gasteiger partial charge in [-0.1, -0.05) is 38.8 Å². The van der Waals surface area contributed by atoms with Crippen molar-refractivity contribution in [2.24, 2.45) is 5.92 Å². The summed E-state index contributed by atoms with van der Waals surface area (Å²) in [7, 11) is 0. The van der Waals surface area contributed by atoms with Gasteiger partial charge < -0.3 is 33.2 Å². The first kappa shape index (κ1) is 26.0. The van der Waals surface area contributed by atoms with E-state index in [-0.39, 0.29) is 24.4 Å². The van der Waals surface area contributed by atoms with Crippen molar-refractivity contribution in [1.29, 1.82) is 0 Å². The highest BCUT2D eigenvalue weighted by Crippen LogP contribution is 2.48. The van der Waals surface area contributed by atoms with Gasteiger partial charge in [0.05, 0.1) is 19.8 Å². The van der Waals surface area contributed by atoms with Crippen molar-refractivity contribution in [1.82, 2.24) is 0 Å². The lowest BCUT2D eigenvalue weighted by Gasteiger charge is -2.35. The van der Waals surface area contributed by atoms with Crippen molar-refractivity contribution in [2.75, 3.05) is 13.2 Å². The van der Waals surface area contributed by atoms with Gasteiger partial charge >= 0.3 is 0 Å². The Kier molecular flexibility index (Phi) is 7.81. The SMILES string of the molecule is CC(C)CCOc1ccc(CO[C@@H]2[C@H]3OC4(CCCCC4)O[C@H]3O[C@@H]2C2COC3(CCCCC3)O2)cc1. The molecule has 0 radical (unpaired) electrons.